The third-order valence-corrected chi connectivity index (χ3v) is 4.92. The number of benzene rings is 2. The molecule has 1 amide bonds. The van der Waals surface area contributed by atoms with Gasteiger partial charge in [-0.25, -0.2) is 0 Å². The number of carbonyl (C=O) groups excluding carboxylic acids is 1. The first kappa shape index (κ1) is 18.1. The summed E-state index contributed by atoms with van der Waals surface area (Å²) < 4.78 is 1.63. The Bertz CT molecular complexity index is 848. The predicted molar refractivity (Wildman–Crippen MR) is 102 cm³/mol. The Morgan fingerprint density at radius 3 is 2.58 bits per heavy atom. The molecule has 1 heterocycles. The van der Waals surface area contributed by atoms with E-state index < -0.39 is 0 Å². The second-order valence-corrected chi connectivity index (χ2v) is 6.88. The second kappa shape index (κ2) is 8.62. The molecule has 1 aromatic heterocycles. The Morgan fingerprint density at radius 1 is 1.15 bits per heavy atom. The fraction of sp³-hybridized carbons (Fsp3) is 0.263. The fourth-order valence-corrected chi connectivity index (χ4v) is 3.29. The van der Waals surface area contributed by atoms with E-state index in [4.69, 9.17) is 0 Å². The number of amides is 1. The molecule has 0 spiro atoms. The normalized spacial score (nSPS) is 11.9. The highest BCUT2D eigenvalue weighted by molar-refractivity contribution is 7.99. The molecule has 0 saturated heterocycles. The van der Waals surface area contributed by atoms with Crippen LogP contribution in [-0.2, 0) is 4.79 Å². The number of hydrogen-bond acceptors (Lipinski definition) is 5. The van der Waals surface area contributed by atoms with Crippen molar-refractivity contribution in [1.29, 1.82) is 0 Å². The van der Waals surface area contributed by atoms with Crippen molar-refractivity contribution < 1.29 is 4.79 Å². The van der Waals surface area contributed by atoms with E-state index in [2.05, 4.69) is 59.0 Å². The largest absolute Gasteiger partial charge is 0.349 e. The molecule has 3 aromatic rings. The Labute approximate surface area is 157 Å². The number of tetrazole rings is 1. The summed E-state index contributed by atoms with van der Waals surface area (Å²) in [6, 6.07) is 17.9. The van der Waals surface area contributed by atoms with E-state index in [1.54, 1.807) is 4.68 Å². The Balaban J connectivity index is 1.61. The minimum absolute atomic E-state index is 0.00817. The molecule has 0 fully saturated rings. The zero-order valence-electron chi connectivity index (χ0n) is 14.8. The Hall–Kier alpha value is -2.67. The molecule has 1 N–H and O–H groups in total. The van der Waals surface area contributed by atoms with Crippen LogP contribution in [0.1, 0.15) is 30.5 Å². The van der Waals surface area contributed by atoms with Crippen molar-refractivity contribution in [2.75, 3.05) is 5.75 Å². The molecular formula is C19H21N5OS. The van der Waals surface area contributed by atoms with Gasteiger partial charge >= 0.3 is 0 Å². The van der Waals surface area contributed by atoms with Gasteiger partial charge in [-0.3, -0.25) is 4.79 Å². The fourth-order valence-electron chi connectivity index (χ4n) is 2.59. The first-order valence-electron chi connectivity index (χ1n) is 8.50. The van der Waals surface area contributed by atoms with E-state index in [0.29, 0.717) is 5.16 Å². The van der Waals surface area contributed by atoms with Crippen LogP contribution < -0.4 is 5.32 Å². The molecule has 3 rings (SSSR count). The molecule has 1 atom stereocenters. The van der Waals surface area contributed by atoms with Gasteiger partial charge in [0.2, 0.25) is 11.1 Å². The summed E-state index contributed by atoms with van der Waals surface area (Å²) in [5, 5.41) is 15.4. The van der Waals surface area contributed by atoms with Gasteiger partial charge in [-0.05, 0) is 41.5 Å². The SMILES string of the molecule is CC[C@H](NC(=O)CSc1nnnn1-c1ccccc1)c1ccc(C)cc1. The summed E-state index contributed by atoms with van der Waals surface area (Å²) in [5.74, 6) is 0.222. The Morgan fingerprint density at radius 2 is 1.88 bits per heavy atom. The van der Waals surface area contributed by atoms with E-state index in [1.165, 1.54) is 17.3 Å². The predicted octanol–water partition coefficient (Wildman–Crippen LogP) is 3.33. The van der Waals surface area contributed by atoms with Crippen LogP contribution in [0, 0.1) is 6.92 Å². The molecule has 0 aliphatic carbocycles. The molecule has 6 nitrogen and oxygen atoms in total. The zero-order chi connectivity index (χ0) is 18.4. The van der Waals surface area contributed by atoms with Gasteiger partial charge in [0.25, 0.3) is 0 Å². The van der Waals surface area contributed by atoms with Crippen LogP contribution in [0.4, 0.5) is 0 Å². The summed E-state index contributed by atoms with van der Waals surface area (Å²) in [6.07, 6.45) is 0.835. The minimum atomic E-state index is -0.0370. The minimum Gasteiger partial charge on any atom is -0.349 e. The molecule has 0 bridgehead atoms. The van der Waals surface area contributed by atoms with Gasteiger partial charge in [0, 0.05) is 0 Å². The molecule has 0 radical (unpaired) electrons. The van der Waals surface area contributed by atoms with Gasteiger partial charge < -0.3 is 5.32 Å². The Kier molecular flexibility index (Phi) is 6.01. The van der Waals surface area contributed by atoms with Crippen molar-refractivity contribution in [2.45, 2.75) is 31.5 Å². The average molecular weight is 367 g/mol. The topological polar surface area (TPSA) is 72.7 Å². The summed E-state index contributed by atoms with van der Waals surface area (Å²) in [4.78, 5) is 12.4. The van der Waals surface area contributed by atoms with Crippen LogP contribution in [0.3, 0.4) is 0 Å². The van der Waals surface area contributed by atoms with Gasteiger partial charge in [0.05, 0.1) is 17.5 Å². The number of para-hydroxylation sites is 1. The number of nitrogens with zero attached hydrogens (tertiary/aromatic N) is 4. The van der Waals surface area contributed by atoms with Gasteiger partial charge in [-0.15, -0.1) is 5.10 Å². The third kappa shape index (κ3) is 4.49. The maximum absolute atomic E-state index is 12.4. The number of hydrogen-bond donors (Lipinski definition) is 1. The molecule has 2 aromatic carbocycles. The second-order valence-electron chi connectivity index (χ2n) is 5.94. The number of thioether (sulfide) groups is 1. The van der Waals surface area contributed by atoms with Crippen molar-refractivity contribution >= 4 is 17.7 Å². The molecular weight excluding hydrogens is 346 g/mol. The molecule has 0 aliphatic heterocycles. The van der Waals surface area contributed by atoms with Gasteiger partial charge in [0.15, 0.2) is 0 Å². The number of nitrogens with one attached hydrogen (secondary N) is 1. The molecule has 0 saturated carbocycles. The van der Waals surface area contributed by atoms with Crippen LogP contribution in [-0.4, -0.2) is 31.9 Å². The average Bonchev–Trinajstić information content (AvgIpc) is 3.14. The molecule has 7 heteroatoms. The van der Waals surface area contributed by atoms with E-state index in [9.17, 15) is 4.79 Å². The van der Waals surface area contributed by atoms with E-state index in [-0.39, 0.29) is 17.7 Å². The van der Waals surface area contributed by atoms with Crippen molar-refractivity contribution in [3.63, 3.8) is 0 Å². The lowest BCUT2D eigenvalue weighted by molar-refractivity contribution is -0.119. The summed E-state index contributed by atoms with van der Waals surface area (Å²) >= 11 is 1.32. The highest BCUT2D eigenvalue weighted by atomic mass is 32.2. The summed E-state index contributed by atoms with van der Waals surface area (Å²) in [5.41, 5.74) is 3.19. The van der Waals surface area contributed by atoms with E-state index in [0.717, 1.165) is 17.7 Å². The van der Waals surface area contributed by atoms with Crippen molar-refractivity contribution in [3.8, 4) is 5.69 Å². The number of carbonyl (C=O) groups is 1. The molecule has 134 valence electrons. The molecule has 0 unspecified atom stereocenters. The first-order valence-corrected chi connectivity index (χ1v) is 9.48. The van der Waals surface area contributed by atoms with Gasteiger partial charge in [0.1, 0.15) is 0 Å². The van der Waals surface area contributed by atoms with E-state index in [1.807, 2.05) is 30.3 Å². The first-order chi connectivity index (χ1) is 12.7. The monoisotopic (exact) mass is 367 g/mol. The zero-order valence-corrected chi connectivity index (χ0v) is 15.6. The van der Waals surface area contributed by atoms with Crippen LogP contribution in [0.2, 0.25) is 0 Å². The molecule has 0 aliphatic rings. The maximum Gasteiger partial charge on any atom is 0.230 e. The standard InChI is InChI=1S/C19H21N5OS/c1-3-17(15-11-9-14(2)10-12-15)20-18(25)13-26-19-21-22-23-24(19)16-7-5-4-6-8-16/h4-12,17H,3,13H2,1-2H3,(H,20,25)/t17-/m0/s1. The van der Waals surface area contributed by atoms with Crippen LogP contribution in [0.15, 0.2) is 59.8 Å². The van der Waals surface area contributed by atoms with Crippen molar-refractivity contribution in [1.82, 2.24) is 25.5 Å². The lowest BCUT2D eigenvalue weighted by Gasteiger charge is -2.17. The molecule has 26 heavy (non-hydrogen) atoms. The highest BCUT2D eigenvalue weighted by Crippen LogP contribution is 2.20. The lowest BCUT2D eigenvalue weighted by Crippen LogP contribution is -2.29. The summed E-state index contributed by atoms with van der Waals surface area (Å²) in [7, 11) is 0. The third-order valence-electron chi connectivity index (χ3n) is 4.00. The number of rotatable bonds is 7. The van der Waals surface area contributed by atoms with Crippen LogP contribution >= 0.6 is 11.8 Å². The van der Waals surface area contributed by atoms with Gasteiger partial charge in [-0.2, -0.15) is 4.68 Å². The van der Waals surface area contributed by atoms with Crippen molar-refractivity contribution in [2.24, 2.45) is 0 Å². The highest BCUT2D eigenvalue weighted by Gasteiger charge is 2.15. The van der Waals surface area contributed by atoms with E-state index >= 15 is 0 Å². The van der Waals surface area contributed by atoms with Crippen molar-refractivity contribution in [3.05, 3.63) is 65.7 Å². The van der Waals surface area contributed by atoms with Crippen LogP contribution in [0.5, 0.6) is 0 Å². The summed E-state index contributed by atoms with van der Waals surface area (Å²) in [6.45, 7) is 4.12. The maximum atomic E-state index is 12.4. The number of aryl methyl sites for hydroxylation is 1. The lowest BCUT2D eigenvalue weighted by atomic mass is 10.0. The quantitative estimate of drug-likeness (QED) is 0.649. The van der Waals surface area contributed by atoms with Crippen LogP contribution in [0.25, 0.3) is 5.69 Å². The van der Waals surface area contributed by atoms with Gasteiger partial charge in [-0.1, -0.05) is 66.7 Å². The number of aromatic nitrogens is 4. The smallest absolute Gasteiger partial charge is 0.230 e.